The van der Waals surface area contributed by atoms with E-state index >= 15 is 0 Å². The first-order valence-electron chi connectivity index (χ1n) is 8.64. The maximum atomic E-state index is 12.2. The Hall–Kier alpha value is -1.12. The Morgan fingerprint density at radius 3 is 2.83 bits per heavy atom. The molecule has 0 bridgehead atoms. The number of likely N-dealkylation sites (tertiary alicyclic amines) is 1. The van der Waals surface area contributed by atoms with Crippen molar-refractivity contribution in [2.45, 2.75) is 25.3 Å². The number of rotatable bonds is 5. The van der Waals surface area contributed by atoms with Crippen LogP contribution in [0.3, 0.4) is 0 Å². The van der Waals surface area contributed by atoms with E-state index in [4.69, 9.17) is 4.74 Å². The van der Waals surface area contributed by atoms with Crippen molar-refractivity contribution in [1.29, 1.82) is 0 Å². The molecule has 0 spiro atoms. The maximum Gasteiger partial charge on any atom is 0.232 e. The number of piperidine rings is 1. The van der Waals surface area contributed by atoms with E-state index in [1.165, 1.54) is 0 Å². The third kappa shape index (κ3) is 4.10. The highest BCUT2D eigenvalue weighted by atomic mass is 32.2. The molecule has 3 rings (SSSR count). The summed E-state index contributed by atoms with van der Waals surface area (Å²) >= 11 is 1.59. The molecule has 0 unspecified atom stereocenters. The predicted molar refractivity (Wildman–Crippen MR) is 94.0 cm³/mol. The Bertz CT molecular complexity index is 559. The minimum atomic E-state index is 0.239. The van der Waals surface area contributed by atoms with E-state index in [0.717, 1.165) is 70.4 Å². The lowest BCUT2D eigenvalue weighted by Crippen LogP contribution is -2.40. The van der Waals surface area contributed by atoms with Crippen LogP contribution in [0.2, 0.25) is 0 Å². The van der Waals surface area contributed by atoms with Crippen LogP contribution in [0.25, 0.3) is 0 Å². The first kappa shape index (κ1) is 17.7. The molecule has 1 aromatic heterocycles. The first-order chi connectivity index (χ1) is 11.7. The van der Waals surface area contributed by atoms with Gasteiger partial charge in [-0.15, -0.1) is 10.2 Å². The molecule has 3 heterocycles. The van der Waals surface area contributed by atoms with Crippen molar-refractivity contribution in [1.82, 2.24) is 24.6 Å². The van der Waals surface area contributed by atoms with E-state index in [9.17, 15) is 4.79 Å². The molecule has 8 heteroatoms. The summed E-state index contributed by atoms with van der Waals surface area (Å²) in [6.45, 7) is 5.93. The van der Waals surface area contributed by atoms with Crippen molar-refractivity contribution in [3.63, 3.8) is 0 Å². The molecule has 0 aromatic carbocycles. The summed E-state index contributed by atoms with van der Waals surface area (Å²) < 4.78 is 7.53. The van der Waals surface area contributed by atoms with Gasteiger partial charge >= 0.3 is 0 Å². The van der Waals surface area contributed by atoms with E-state index in [1.807, 2.05) is 18.2 Å². The molecule has 0 radical (unpaired) electrons. The van der Waals surface area contributed by atoms with Crippen LogP contribution in [0.1, 0.15) is 30.4 Å². The SMILES string of the molecule is CSCC(=O)N1CCC[C@@H](c2nnc(CN3CCOCC3)n2C)C1. The zero-order valence-electron chi connectivity index (χ0n) is 14.6. The van der Waals surface area contributed by atoms with Crippen molar-refractivity contribution in [2.75, 3.05) is 51.4 Å². The van der Waals surface area contributed by atoms with Gasteiger partial charge in [0.25, 0.3) is 0 Å². The van der Waals surface area contributed by atoms with E-state index in [2.05, 4.69) is 19.7 Å². The molecule has 2 aliphatic rings. The van der Waals surface area contributed by atoms with E-state index in [1.54, 1.807) is 11.8 Å². The minimum Gasteiger partial charge on any atom is -0.379 e. The standard InChI is InChI=1S/C16H27N5O2S/c1-19-14(11-20-6-8-23-9-7-20)17-18-16(19)13-4-3-5-21(10-13)15(22)12-24-2/h13H,3-12H2,1-2H3/t13-/m1/s1. The second kappa shape index (κ2) is 8.31. The van der Waals surface area contributed by atoms with Gasteiger partial charge in [0.2, 0.25) is 5.91 Å². The molecule has 1 amide bonds. The van der Waals surface area contributed by atoms with Gasteiger partial charge in [0.15, 0.2) is 0 Å². The van der Waals surface area contributed by atoms with E-state index in [0.29, 0.717) is 11.7 Å². The summed E-state index contributed by atoms with van der Waals surface area (Å²) in [6.07, 6.45) is 4.09. The van der Waals surface area contributed by atoms with Gasteiger partial charge in [0.1, 0.15) is 11.6 Å². The van der Waals surface area contributed by atoms with E-state index in [-0.39, 0.29) is 5.91 Å². The molecule has 134 valence electrons. The van der Waals surface area contributed by atoms with Crippen LogP contribution in [-0.2, 0) is 23.1 Å². The Morgan fingerprint density at radius 1 is 1.29 bits per heavy atom. The monoisotopic (exact) mass is 353 g/mol. The van der Waals surface area contributed by atoms with Gasteiger partial charge in [0, 0.05) is 39.1 Å². The number of amides is 1. The Kier molecular flexibility index (Phi) is 6.13. The van der Waals surface area contributed by atoms with Crippen LogP contribution >= 0.6 is 11.8 Å². The quantitative estimate of drug-likeness (QED) is 0.777. The van der Waals surface area contributed by atoms with Gasteiger partial charge in [-0.25, -0.2) is 0 Å². The second-order valence-corrected chi connectivity index (χ2v) is 7.40. The third-order valence-electron chi connectivity index (χ3n) is 4.87. The van der Waals surface area contributed by atoms with Crippen molar-refractivity contribution >= 4 is 17.7 Å². The number of carbonyl (C=O) groups excluding carboxylic acids is 1. The summed E-state index contributed by atoms with van der Waals surface area (Å²) in [5.74, 6) is 3.11. The number of ether oxygens (including phenoxy) is 1. The Balaban J connectivity index is 1.64. The molecule has 1 atom stereocenters. The Labute approximate surface area is 147 Å². The highest BCUT2D eigenvalue weighted by molar-refractivity contribution is 7.99. The van der Waals surface area contributed by atoms with Crippen LogP contribution in [0, 0.1) is 0 Å². The van der Waals surface area contributed by atoms with Gasteiger partial charge in [0.05, 0.1) is 25.5 Å². The van der Waals surface area contributed by atoms with Gasteiger partial charge in [-0.1, -0.05) is 0 Å². The Morgan fingerprint density at radius 2 is 2.08 bits per heavy atom. The highest BCUT2D eigenvalue weighted by Crippen LogP contribution is 2.26. The molecule has 2 saturated heterocycles. The van der Waals surface area contributed by atoms with Crippen molar-refractivity contribution in [2.24, 2.45) is 7.05 Å². The lowest BCUT2D eigenvalue weighted by Gasteiger charge is -2.32. The molecule has 0 saturated carbocycles. The van der Waals surface area contributed by atoms with Crippen molar-refractivity contribution < 1.29 is 9.53 Å². The molecule has 0 aliphatic carbocycles. The average Bonchev–Trinajstić information content (AvgIpc) is 2.97. The lowest BCUT2D eigenvalue weighted by atomic mass is 9.97. The lowest BCUT2D eigenvalue weighted by molar-refractivity contribution is -0.129. The summed E-state index contributed by atoms with van der Waals surface area (Å²) in [4.78, 5) is 16.5. The highest BCUT2D eigenvalue weighted by Gasteiger charge is 2.28. The summed E-state index contributed by atoms with van der Waals surface area (Å²) in [7, 11) is 2.05. The number of hydrogen-bond donors (Lipinski definition) is 0. The predicted octanol–water partition coefficient (Wildman–Crippen LogP) is 0.716. The zero-order valence-corrected chi connectivity index (χ0v) is 15.4. The number of morpholine rings is 1. The molecule has 2 fully saturated rings. The summed E-state index contributed by atoms with van der Waals surface area (Å²) in [6, 6.07) is 0. The summed E-state index contributed by atoms with van der Waals surface area (Å²) in [5, 5.41) is 8.87. The second-order valence-electron chi connectivity index (χ2n) is 6.53. The number of nitrogens with zero attached hydrogens (tertiary/aromatic N) is 5. The fourth-order valence-electron chi connectivity index (χ4n) is 3.46. The molecule has 0 N–H and O–H groups in total. The third-order valence-corrected chi connectivity index (χ3v) is 5.41. The maximum absolute atomic E-state index is 12.2. The normalized spacial score (nSPS) is 22.8. The van der Waals surface area contributed by atoms with Crippen LogP contribution in [-0.4, -0.2) is 81.9 Å². The average molecular weight is 353 g/mol. The fourth-order valence-corrected chi connectivity index (χ4v) is 3.89. The van der Waals surface area contributed by atoms with Gasteiger partial charge in [-0.3, -0.25) is 9.69 Å². The number of carbonyl (C=O) groups is 1. The van der Waals surface area contributed by atoms with Gasteiger partial charge in [-0.05, 0) is 19.1 Å². The number of aromatic nitrogens is 3. The van der Waals surface area contributed by atoms with Crippen molar-refractivity contribution in [3.8, 4) is 0 Å². The van der Waals surface area contributed by atoms with Crippen LogP contribution in [0.15, 0.2) is 0 Å². The topological polar surface area (TPSA) is 63.5 Å². The number of thioether (sulfide) groups is 1. The van der Waals surface area contributed by atoms with E-state index < -0.39 is 0 Å². The number of hydrogen-bond acceptors (Lipinski definition) is 6. The van der Waals surface area contributed by atoms with Crippen molar-refractivity contribution in [3.05, 3.63) is 11.6 Å². The van der Waals surface area contributed by atoms with Crippen LogP contribution in [0.5, 0.6) is 0 Å². The van der Waals surface area contributed by atoms with Gasteiger partial charge < -0.3 is 14.2 Å². The zero-order chi connectivity index (χ0) is 16.9. The van der Waals surface area contributed by atoms with Crippen LogP contribution < -0.4 is 0 Å². The molecule has 7 nitrogen and oxygen atoms in total. The summed E-state index contributed by atoms with van der Waals surface area (Å²) in [5.41, 5.74) is 0. The smallest absolute Gasteiger partial charge is 0.232 e. The van der Waals surface area contributed by atoms with Crippen LogP contribution in [0.4, 0.5) is 0 Å². The molecular formula is C16H27N5O2S. The molecule has 2 aliphatic heterocycles. The first-order valence-corrected chi connectivity index (χ1v) is 10.0. The van der Waals surface area contributed by atoms with Gasteiger partial charge in [-0.2, -0.15) is 11.8 Å². The largest absolute Gasteiger partial charge is 0.379 e. The molecule has 1 aromatic rings. The molecular weight excluding hydrogens is 326 g/mol. The molecule has 24 heavy (non-hydrogen) atoms. The fraction of sp³-hybridized carbons (Fsp3) is 0.812. The minimum absolute atomic E-state index is 0.239.